The van der Waals surface area contributed by atoms with Crippen molar-refractivity contribution in [2.45, 2.75) is 0 Å². The van der Waals surface area contributed by atoms with Gasteiger partial charge in [-0.25, -0.2) is 9.97 Å². The summed E-state index contributed by atoms with van der Waals surface area (Å²) >= 11 is 0. The molecule has 9 aromatic carbocycles. The molecule has 0 aliphatic carbocycles. The van der Waals surface area contributed by atoms with Crippen molar-refractivity contribution in [1.29, 1.82) is 0 Å². The van der Waals surface area contributed by atoms with Gasteiger partial charge in [-0.2, -0.15) is 0 Å². The average Bonchev–Trinajstić information content (AvgIpc) is 3.68. The van der Waals surface area contributed by atoms with Gasteiger partial charge < -0.3 is 4.42 Å². The maximum Gasteiger partial charge on any atom is 0.160 e. The molecular weight excluding hydrogens is 693 g/mol. The molecule has 0 aliphatic rings. The Morgan fingerprint density at radius 1 is 0.298 bits per heavy atom. The average molecular weight is 727 g/mol. The van der Waals surface area contributed by atoms with Crippen molar-refractivity contribution < 1.29 is 4.42 Å². The van der Waals surface area contributed by atoms with Crippen molar-refractivity contribution in [2.24, 2.45) is 0 Å². The molecule has 2 heterocycles. The minimum absolute atomic E-state index is 0.702. The van der Waals surface area contributed by atoms with E-state index in [0.717, 1.165) is 66.7 Å². The van der Waals surface area contributed by atoms with Gasteiger partial charge in [-0.05, 0) is 79.2 Å². The summed E-state index contributed by atoms with van der Waals surface area (Å²) in [5.41, 5.74) is 13.7. The molecule has 0 N–H and O–H groups in total. The molecule has 3 heteroatoms. The van der Waals surface area contributed by atoms with E-state index in [1.54, 1.807) is 0 Å². The first-order valence-corrected chi connectivity index (χ1v) is 19.3. The first kappa shape index (κ1) is 32.8. The van der Waals surface area contributed by atoms with Crippen molar-refractivity contribution in [3.8, 4) is 67.3 Å². The van der Waals surface area contributed by atoms with Gasteiger partial charge in [0.15, 0.2) is 5.82 Å². The number of nitrogens with zero attached hydrogens (tertiary/aromatic N) is 2. The van der Waals surface area contributed by atoms with Gasteiger partial charge >= 0.3 is 0 Å². The van der Waals surface area contributed by atoms with Crippen LogP contribution in [0.5, 0.6) is 0 Å². The Balaban J connectivity index is 0.929. The molecule has 0 atom stereocenters. The molecule has 0 saturated carbocycles. The van der Waals surface area contributed by atoms with E-state index in [-0.39, 0.29) is 0 Å². The molecular formula is C54H34N2O. The van der Waals surface area contributed by atoms with E-state index in [9.17, 15) is 0 Å². The van der Waals surface area contributed by atoms with Crippen LogP contribution in [0.2, 0.25) is 0 Å². The number of aromatic nitrogens is 2. The van der Waals surface area contributed by atoms with Crippen LogP contribution in [0.4, 0.5) is 0 Å². The lowest BCUT2D eigenvalue weighted by Gasteiger charge is -2.13. The molecule has 2 aromatic heterocycles. The lowest BCUT2D eigenvalue weighted by Crippen LogP contribution is -1.96. The number of hydrogen-bond acceptors (Lipinski definition) is 3. The van der Waals surface area contributed by atoms with Crippen LogP contribution < -0.4 is 0 Å². The van der Waals surface area contributed by atoms with E-state index in [1.165, 1.54) is 38.2 Å². The van der Waals surface area contributed by atoms with Crippen LogP contribution in [0.1, 0.15) is 0 Å². The molecule has 57 heavy (non-hydrogen) atoms. The summed E-state index contributed by atoms with van der Waals surface area (Å²) in [5.74, 6) is 0.702. The number of para-hydroxylation sites is 1. The minimum atomic E-state index is 0.702. The topological polar surface area (TPSA) is 38.9 Å². The van der Waals surface area contributed by atoms with Crippen LogP contribution in [-0.2, 0) is 0 Å². The van der Waals surface area contributed by atoms with E-state index in [2.05, 4.69) is 170 Å². The highest BCUT2D eigenvalue weighted by Crippen LogP contribution is 2.39. The predicted molar refractivity (Wildman–Crippen MR) is 237 cm³/mol. The molecule has 3 nitrogen and oxygen atoms in total. The van der Waals surface area contributed by atoms with Crippen LogP contribution in [0.3, 0.4) is 0 Å². The maximum atomic E-state index is 6.16. The van der Waals surface area contributed by atoms with Gasteiger partial charge in [0.1, 0.15) is 11.2 Å². The van der Waals surface area contributed by atoms with Gasteiger partial charge in [0, 0.05) is 27.5 Å². The third-order valence-corrected chi connectivity index (χ3v) is 11.1. The van der Waals surface area contributed by atoms with Crippen molar-refractivity contribution in [3.63, 3.8) is 0 Å². The summed E-state index contributed by atoms with van der Waals surface area (Å²) in [6.07, 6.45) is 0. The highest BCUT2D eigenvalue weighted by Gasteiger charge is 2.15. The lowest BCUT2D eigenvalue weighted by molar-refractivity contribution is 0.669. The van der Waals surface area contributed by atoms with E-state index in [4.69, 9.17) is 14.4 Å². The fraction of sp³-hybridized carbons (Fsp3) is 0. The van der Waals surface area contributed by atoms with Crippen LogP contribution in [-0.4, -0.2) is 9.97 Å². The number of fused-ring (bicyclic) bond motifs is 6. The summed E-state index contributed by atoms with van der Waals surface area (Å²) in [6, 6.07) is 72.8. The van der Waals surface area contributed by atoms with Gasteiger partial charge in [0.05, 0.1) is 11.4 Å². The smallest absolute Gasteiger partial charge is 0.160 e. The Bertz CT molecular complexity index is 3250. The molecule has 0 fully saturated rings. The Kier molecular flexibility index (Phi) is 7.82. The third kappa shape index (κ3) is 5.85. The monoisotopic (exact) mass is 726 g/mol. The standard InChI is InChI=1S/C54H34N2O/c1-2-11-41(12-3-1)54-55-49(34-50(56-54)40-31-27-38(28-32-40)48-33-42-13-4-5-14-43(42)45-15-6-7-16-46(45)48)39-29-23-36(24-30-39)35-21-25-37(26-22-35)44-18-10-20-52-53(44)47-17-8-9-19-51(47)57-52/h1-34H. The van der Waals surface area contributed by atoms with E-state index >= 15 is 0 Å². The van der Waals surface area contributed by atoms with Crippen LogP contribution in [0, 0.1) is 0 Å². The third-order valence-electron chi connectivity index (χ3n) is 11.1. The fourth-order valence-electron chi connectivity index (χ4n) is 8.26. The molecule has 11 rings (SSSR count). The Labute approximate surface area is 330 Å². The molecule has 266 valence electrons. The second-order valence-electron chi connectivity index (χ2n) is 14.5. The van der Waals surface area contributed by atoms with E-state index < -0.39 is 0 Å². The summed E-state index contributed by atoms with van der Waals surface area (Å²) in [5, 5.41) is 7.32. The van der Waals surface area contributed by atoms with Gasteiger partial charge in [-0.3, -0.25) is 0 Å². The van der Waals surface area contributed by atoms with Crippen LogP contribution >= 0.6 is 0 Å². The Morgan fingerprint density at radius 3 is 1.49 bits per heavy atom. The van der Waals surface area contributed by atoms with E-state index in [1.807, 2.05) is 36.4 Å². The van der Waals surface area contributed by atoms with Crippen molar-refractivity contribution in [2.75, 3.05) is 0 Å². The molecule has 11 aromatic rings. The van der Waals surface area contributed by atoms with Crippen molar-refractivity contribution in [3.05, 3.63) is 206 Å². The fourth-order valence-corrected chi connectivity index (χ4v) is 8.26. The SMILES string of the molecule is c1ccc(-c2nc(-c3ccc(-c4ccc(-c5cccc6oc7ccccc7c56)cc4)cc3)cc(-c3ccc(-c4cc5ccccc5c5ccccc45)cc3)n2)cc1. The first-order chi connectivity index (χ1) is 28.2. The zero-order valence-corrected chi connectivity index (χ0v) is 30.9. The van der Waals surface area contributed by atoms with Gasteiger partial charge in [0.25, 0.3) is 0 Å². The van der Waals surface area contributed by atoms with Crippen LogP contribution in [0.25, 0.3) is 111 Å². The lowest BCUT2D eigenvalue weighted by atomic mass is 9.92. The predicted octanol–water partition coefficient (Wildman–Crippen LogP) is 14.7. The molecule has 0 unspecified atom stereocenters. The molecule has 0 spiro atoms. The first-order valence-electron chi connectivity index (χ1n) is 19.3. The van der Waals surface area contributed by atoms with Crippen molar-refractivity contribution >= 4 is 43.5 Å². The summed E-state index contributed by atoms with van der Waals surface area (Å²) in [4.78, 5) is 10.2. The Hall–Kier alpha value is -7.62. The van der Waals surface area contributed by atoms with Gasteiger partial charge in [-0.1, -0.05) is 182 Å². The maximum absolute atomic E-state index is 6.16. The zero-order valence-electron chi connectivity index (χ0n) is 30.9. The normalized spacial score (nSPS) is 11.5. The summed E-state index contributed by atoms with van der Waals surface area (Å²) in [6.45, 7) is 0. The van der Waals surface area contributed by atoms with Gasteiger partial charge in [-0.15, -0.1) is 0 Å². The highest BCUT2D eigenvalue weighted by molar-refractivity contribution is 6.14. The highest BCUT2D eigenvalue weighted by atomic mass is 16.3. The summed E-state index contributed by atoms with van der Waals surface area (Å²) in [7, 11) is 0. The molecule has 0 bridgehead atoms. The molecule has 0 radical (unpaired) electrons. The molecule has 0 amide bonds. The zero-order chi connectivity index (χ0) is 37.7. The van der Waals surface area contributed by atoms with E-state index in [0.29, 0.717) is 5.82 Å². The van der Waals surface area contributed by atoms with Crippen molar-refractivity contribution in [1.82, 2.24) is 9.97 Å². The molecule has 0 aliphatic heterocycles. The summed E-state index contributed by atoms with van der Waals surface area (Å²) < 4.78 is 6.16. The number of benzene rings is 9. The molecule has 0 saturated heterocycles. The minimum Gasteiger partial charge on any atom is -0.456 e. The quantitative estimate of drug-likeness (QED) is 0.160. The number of hydrogen-bond donors (Lipinski definition) is 0. The second kappa shape index (κ2) is 13.6. The largest absolute Gasteiger partial charge is 0.456 e. The van der Waals surface area contributed by atoms with Gasteiger partial charge in [0.2, 0.25) is 0 Å². The number of rotatable bonds is 6. The number of furan rings is 1. The second-order valence-corrected chi connectivity index (χ2v) is 14.5. The van der Waals surface area contributed by atoms with Crippen LogP contribution in [0.15, 0.2) is 211 Å². The Morgan fingerprint density at radius 2 is 0.807 bits per heavy atom.